The zero-order chi connectivity index (χ0) is 17.5. The van der Waals surface area contributed by atoms with Crippen LogP contribution in [0.5, 0.6) is 0 Å². The van der Waals surface area contributed by atoms with E-state index in [2.05, 4.69) is 22.3 Å². The van der Waals surface area contributed by atoms with Gasteiger partial charge in [-0.25, -0.2) is 0 Å². The molecule has 0 aliphatic carbocycles. The van der Waals surface area contributed by atoms with Gasteiger partial charge in [-0.2, -0.15) is 4.98 Å². The zero-order valence-corrected chi connectivity index (χ0v) is 14.7. The van der Waals surface area contributed by atoms with Gasteiger partial charge in [0.05, 0.1) is 0 Å². The lowest BCUT2D eigenvalue weighted by Crippen LogP contribution is -2.39. The molecule has 1 aliphatic heterocycles. The molecule has 3 rings (SSSR count). The first-order chi connectivity index (χ1) is 12.3. The molecule has 134 valence electrons. The largest absolute Gasteiger partial charge is 0.372 e. The van der Waals surface area contributed by atoms with E-state index in [1.165, 1.54) is 5.56 Å². The van der Waals surface area contributed by atoms with Crippen molar-refractivity contribution < 1.29 is 14.1 Å². The number of nitrogens with zero attached hydrogens (tertiary/aromatic N) is 3. The Morgan fingerprint density at radius 2 is 2.20 bits per heavy atom. The number of hydrogen-bond acceptors (Lipinski definition) is 5. The van der Waals surface area contributed by atoms with Crippen LogP contribution in [-0.4, -0.2) is 40.6 Å². The van der Waals surface area contributed by atoms with E-state index in [9.17, 15) is 4.79 Å². The van der Waals surface area contributed by atoms with Crippen LogP contribution >= 0.6 is 0 Å². The summed E-state index contributed by atoms with van der Waals surface area (Å²) in [6.45, 7) is 4.37. The molecule has 0 N–H and O–H groups in total. The molecule has 1 unspecified atom stereocenters. The molecule has 2 heterocycles. The highest BCUT2D eigenvalue weighted by Crippen LogP contribution is 2.25. The summed E-state index contributed by atoms with van der Waals surface area (Å²) in [4.78, 5) is 18.9. The van der Waals surface area contributed by atoms with Gasteiger partial charge >= 0.3 is 0 Å². The number of hydrogen-bond donors (Lipinski definition) is 0. The molecule has 1 aromatic heterocycles. The van der Waals surface area contributed by atoms with Crippen LogP contribution in [0.4, 0.5) is 0 Å². The lowest BCUT2D eigenvalue weighted by Gasteiger charge is -2.31. The molecule has 6 heteroatoms. The molecule has 0 spiro atoms. The second kappa shape index (κ2) is 8.76. The van der Waals surface area contributed by atoms with Gasteiger partial charge in [0.2, 0.25) is 5.91 Å². The Kier molecular flexibility index (Phi) is 6.17. The topological polar surface area (TPSA) is 68.5 Å². The van der Waals surface area contributed by atoms with Gasteiger partial charge in [-0.3, -0.25) is 4.79 Å². The van der Waals surface area contributed by atoms with Crippen molar-refractivity contribution in [2.45, 2.75) is 45.1 Å². The van der Waals surface area contributed by atoms with Gasteiger partial charge in [-0.05, 0) is 31.7 Å². The average molecular weight is 343 g/mol. The first-order valence-corrected chi connectivity index (χ1v) is 8.98. The summed E-state index contributed by atoms with van der Waals surface area (Å²) in [6.07, 6.45) is 3.27. The number of rotatable bonds is 7. The molecule has 0 radical (unpaired) electrons. The summed E-state index contributed by atoms with van der Waals surface area (Å²) in [5.41, 5.74) is 1.20. The van der Waals surface area contributed by atoms with Crippen LogP contribution in [0.25, 0.3) is 0 Å². The Bertz CT molecular complexity index is 672. The van der Waals surface area contributed by atoms with Crippen LogP contribution in [0, 0.1) is 0 Å². The van der Waals surface area contributed by atoms with Gasteiger partial charge in [0.15, 0.2) is 5.82 Å². The minimum absolute atomic E-state index is 0.147. The number of amides is 1. The first kappa shape index (κ1) is 17.6. The maximum absolute atomic E-state index is 12.5. The number of piperidine rings is 1. The molecule has 0 saturated carbocycles. The number of aromatic nitrogens is 2. The predicted octanol–water partition coefficient (Wildman–Crippen LogP) is 2.94. The Labute approximate surface area is 148 Å². The summed E-state index contributed by atoms with van der Waals surface area (Å²) >= 11 is 0. The molecule has 1 aliphatic rings. The highest BCUT2D eigenvalue weighted by Gasteiger charge is 2.27. The van der Waals surface area contributed by atoms with Gasteiger partial charge < -0.3 is 14.2 Å². The van der Waals surface area contributed by atoms with Crippen molar-refractivity contribution in [1.82, 2.24) is 15.0 Å². The van der Waals surface area contributed by atoms with Crippen molar-refractivity contribution in [3.63, 3.8) is 0 Å². The predicted molar refractivity (Wildman–Crippen MR) is 92.9 cm³/mol. The van der Waals surface area contributed by atoms with Crippen LogP contribution in [0.3, 0.4) is 0 Å². The maximum Gasteiger partial charge on any atom is 0.252 e. The van der Waals surface area contributed by atoms with Crippen molar-refractivity contribution in [3.8, 4) is 0 Å². The van der Waals surface area contributed by atoms with Crippen LogP contribution < -0.4 is 0 Å². The molecule has 1 saturated heterocycles. The molecule has 1 fully saturated rings. The van der Waals surface area contributed by atoms with Crippen LogP contribution in [0.2, 0.25) is 0 Å². The van der Waals surface area contributed by atoms with Gasteiger partial charge in [-0.1, -0.05) is 35.5 Å². The second-order valence-electron chi connectivity index (χ2n) is 6.35. The fraction of sp³-hybridized carbons (Fsp3) is 0.526. The highest BCUT2D eigenvalue weighted by atomic mass is 16.5. The fourth-order valence-corrected chi connectivity index (χ4v) is 3.15. The molecule has 1 amide bonds. The Morgan fingerprint density at radius 3 is 3.00 bits per heavy atom. The van der Waals surface area contributed by atoms with E-state index in [0.29, 0.717) is 37.9 Å². The van der Waals surface area contributed by atoms with E-state index >= 15 is 0 Å². The molecule has 6 nitrogen and oxygen atoms in total. The zero-order valence-electron chi connectivity index (χ0n) is 14.7. The summed E-state index contributed by atoms with van der Waals surface area (Å²) in [5.74, 6) is 1.54. The molecule has 1 aromatic carbocycles. The van der Waals surface area contributed by atoms with Crippen LogP contribution in [0.15, 0.2) is 34.9 Å². The molecular weight excluding hydrogens is 318 g/mol. The van der Waals surface area contributed by atoms with Gasteiger partial charge in [-0.15, -0.1) is 0 Å². The van der Waals surface area contributed by atoms with Crippen LogP contribution in [0.1, 0.15) is 49.4 Å². The minimum Gasteiger partial charge on any atom is -0.372 e. The van der Waals surface area contributed by atoms with Crippen molar-refractivity contribution in [2.24, 2.45) is 0 Å². The lowest BCUT2D eigenvalue weighted by atomic mass is 9.97. The average Bonchev–Trinajstić information content (AvgIpc) is 3.14. The first-order valence-electron chi connectivity index (χ1n) is 8.98. The third-order valence-electron chi connectivity index (χ3n) is 4.52. The van der Waals surface area contributed by atoms with E-state index in [1.54, 1.807) is 0 Å². The summed E-state index contributed by atoms with van der Waals surface area (Å²) in [7, 11) is 0. The molecular formula is C19H25N3O3. The Balaban J connectivity index is 1.53. The number of carbonyl (C=O) groups excluding carboxylic acids is 1. The summed E-state index contributed by atoms with van der Waals surface area (Å²) < 4.78 is 10.5. The van der Waals surface area contributed by atoms with Gasteiger partial charge in [0, 0.05) is 32.0 Å². The summed E-state index contributed by atoms with van der Waals surface area (Å²) in [6, 6.07) is 10.1. The lowest BCUT2D eigenvalue weighted by molar-refractivity contribution is -0.132. The summed E-state index contributed by atoms with van der Waals surface area (Å²) in [5, 5.41) is 4.08. The molecule has 0 bridgehead atoms. The number of benzene rings is 1. The number of likely N-dealkylation sites (tertiary alicyclic amines) is 1. The standard InChI is InChI=1S/C19H25N3O3/c1-2-24-14-17-20-19(21-25-17)16-9-6-12-22(13-16)18(23)11-10-15-7-4-3-5-8-15/h3-5,7-8,16H,2,6,9-14H2,1H3. The van der Waals surface area contributed by atoms with Crippen molar-refractivity contribution in [1.29, 1.82) is 0 Å². The fourth-order valence-electron chi connectivity index (χ4n) is 3.15. The van der Waals surface area contributed by atoms with Gasteiger partial charge in [0.25, 0.3) is 5.89 Å². The van der Waals surface area contributed by atoms with E-state index in [1.807, 2.05) is 30.0 Å². The van der Waals surface area contributed by atoms with Crippen molar-refractivity contribution in [3.05, 3.63) is 47.6 Å². The highest BCUT2D eigenvalue weighted by molar-refractivity contribution is 5.76. The third kappa shape index (κ3) is 4.89. The smallest absolute Gasteiger partial charge is 0.252 e. The number of ether oxygens (including phenoxy) is 1. The van der Waals surface area contributed by atoms with E-state index in [0.717, 1.165) is 25.8 Å². The SMILES string of the molecule is CCOCc1nc(C2CCCN(C(=O)CCc3ccccc3)C2)no1. The quantitative estimate of drug-likeness (QED) is 0.773. The van der Waals surface area contributed by atoms with Crippen molar-refractivity contribution >= 4 is 5.91 Å². The monoisotopic (exact) mass is 343 g/mol. The normalized spacial score (nSPS) is 17.6. The maximum atomic E-state index is 12.5. The molecule has 2 aromatic rings. The van der Waals surface area contributed by atoms with E-state index in [-0.39, 0.29) is 11.8 Å². The third-order valence-corrected chi connectivity index (χ3v) is 4.52. The number of carbonyl (C=O) groups is 1. The second-order valence-corrected chi connectivity index (χ2v) is 6.35. The molecule has 1 atom stereocenters. The van der Waals surface area contributed by atoms with Crippen LogP contribution in [-0.2, 0) is 22.6 Å². The number of aryl methyl sites for hydroxylation is 1. The Morgan fingerprint density at radius 1 is 1.36 bits per heavy atom. The van der Waals surface area contributed by atoms with E-state index in [4.69, 9.17) is 9.26 Å². The molecule has 25 heavy (non-hydrogen) atoms. The van der Waals surface area contributed by atoms with Crippen molar-refractivity contribution in [2.75, 3.05) is 19.7 Å². The minimum atomic E-state index is 0.147. The van der Waals surface area contributed by atoms with Gasteiger partial charge in [0.1, 0.15) is 6.61 Å². The Hall–Kier alpha value is -2.21. The van der Waals surface area contributed by atoms with E-state index < -0.39 is 0 Å².